The third kappa shape index (κ3) is 1.36. The van der Waals surface area contributed by atoms with E-state index in [1.807, 2.05) is 0 Å². The van der Waals surface area contributed by atoms with Crippen LogP contribution in [0.15, 0.2) is 0 Å². The first-order valence-electron chi connectivity index (χ1n) is 11.9. The van der Waals surface area contributed by atoms with E-state index in [1.54, 1.807) is 13.8 Å². The molecule has 0 spiro atoms. The summed E-state index contributed by atoms with van der Waals surface area (Å²) < 4.78 is 11.4. The lowest BCUT2D eigenvalue weighted by Gasteiger charge is -2.57. The zero-order valence-electron chi connectivity index (χ0n) is 17.5. The lowest BCUT2D eigenvalue weighted by molar-refractivity contribution is -0.211. The highest BCUT2D eigenvalue weighted by Gasteiger charge is 3.01. The largest absolute Gasteiger partial charge is 0.466 e. The fraction of sp³-hybridized carbons (Fsp3) is 0.833. The van der Waals surface area contributed by atoms with Gasteiger partial charge in [-0.3, -0.25) is 19.2 Å². The number of esters is 2. The minimum absolute atomic E-state index is 0.00278. The second kappa shape index (κ2) is 5.18. The van der Waals surface area contributed by atoms with E-state index >= 15 is 0 Å². The molecule has 0 aliphatic heterocycles. The van der Waals surface area contributed by atoms with Crippen molar-refractivity contribution in [3.63, 3.8) is 0 Å². The first-order chi connectivity index (χ1) is 14.5. The summed E-state index contributed by atoms with van der Waals surface area (Å²) in [6, 6.07) is 0. The Kier molecular flexibility index (Phi) is 3.10. The summed E-state index contributed by atoms with van der Waals surface area (Å²) in [6.07, 6.45) is 2.73. The topological polar surface area (TPSA) is 86.7 Å². The number of rotatable bonds is 4. The highest BCUT2D eigenvalue weighted by Crippen LogP contribution is 2.97. The van der Waals surface area contributed by atoms with Crippen molar-refractivity contribution >= 4 is 23.5 Å². The van der Waals surface area contributed by atoms with Crippen LogP contribution in [0.2, 0.25) is 0 Å². The zero-order valence-corrected chi connectivity index (χ0v) is 17.5. The van der Waals surface area contributed by atoms with E-state index in [4.69, 9.17) is 9.47 Å². The van der Waals surface area contributed by atoms with E-state index in [1.165, 1.54) is 0 Å². The van der Waals surface area contributed by atoms with Gasteiger partial charge in [-0.2, -0.15) is 0 Å². The SMILES string of the molecule is CCOC(=O)[C@]12[C@@H]3[C@H]4C(=O)CC[C@@H]4[C@@H]4[C@@H]3[C@H]3[C@@H]1[C@@H]1CCC(=O)[C@@H]1[C@@H]3[C@@]42C(=O)OCC. The monoisotopic (exact) mass is 412 g/mol. The Balaban J connectivity index is 1.51. The van der Waals surface area contributed by atoms with Crippen molar-refractivity contribution < 1.29 is 28.7 Å². The summed E-state index contributed by atoms with van der Waals surface area (Å²) in [4.78, 5) is 53.7. The molecule has 0 aromatic heterocycles. The highest BCUT2D eigenvalue weighted by molar-refractivity contribution is 5.99. The Morgan fingerprint density at radius 1 is 0.767 bits per heavy atom. The maximum absolute atomic E-state index is 13.9. The van der Waals surface area contributed by atoms with Crippen LogP contribution >= 0.6 is 0 Å². The van der Waals surface area contributed by atoms with Crippen molar-refractivity contribution in [3.8, 4) is 0 Å². The Morgan fingerprint density at radius 3 is 1.53 bits per heavy atom. The number of hydrogen-bond acceptors (Lipinski definition) is 6. The lowest BCUT2D eigenvalue weighted by Crippen LogP contribution is -2.66. The average molecular weight is 412 g/mol. The number of ketones is 2. The van der Waals surface area contributed by atoms with Gasteiger partial charge in [0.1, 0.15) is 11.6 Å². The maximum atomic E-state index is 13.9. The van der Waals surface area contributed by atoms with Crippen LogP contribution < -0.4 is 0 Å². The molecular formula is C24H28O6. The smallest absolute Gasteiger partial charge is 0.313 e. The van der Waals surface area contributed by atoms with Gasteiger partial charge in [-0.15, -0.1) is 0 Å². The molecule has 8 bridgehead atoms. The van der Waals surface area contributed by atoms with Crippen LogP contribution in [-0.4, -0.2) is 36.7 Å². The first-order valence-corrected chi connectivity index (χ1v) is 11.9. The molecule has 8 saturated carbocycles. The third-order valence-electron chi connectivity index (χ3n) is 10.9. The summed E-state index contributed by atoms with van der Waals surface area (Å²) >= 11 is 0. The molecule has 0 saturated heterocycles. The molecule has 0 aromatic carbocycles. The molecule has 0 N–H and O–H groups in total. The summed E-state index contributed by atoms with van der Waals surface area (Å²) in [5.74, 6) is 0.363. The number of hydrogen-bond donors (Lipinski definition) is 0. The van der Waals surface area contributed by atoms with Gasteiger partial charge in [0, 0.05) is 24.7 Å². The van der Waals surface area contributed by atoms with Crippen LogP contribution in [0.25, 0.3) is 0 Å². The van der Waals surface area contributed by atoms with E-state index < -0.39 is 10.8 Å². The molecule has 0 aromatic rings. The van der Waals surface area contributed by atoms with Gasteiger partial charge in [0.05, 0.1) is 24.0 Å². The molecule has 6 heteroatoms. The van der Waals surface area contributed by atoms with Crippen LogP contribution in [-0.2, 0) is 28.7 Å². The minimum Gasteiger partial charge on any atom is -0.466 e. The normalized spacial score (nSPS) is 57.4. The van der Waals surface area contributed by atoms with Crippen LogP contribution in [0.5, 0.6) is 0 Å². The molecule has 8 fully saturated rings. The molecule has 160 valence electrons. The van der Waals surface area contributed by atoms with Crippen LogP contribution in [0.4, 0.5) is 0 Å². The number of ether oxygens (including phenoxy) is 2. The predicted octanol–water partition coefficient (Wildman–Crippen LogP) is 2.04. The molecule has 8 aliphatic carbocycles. The molecule has 0 unspecified atom stereocenters. The van der Waals surface area contributed by atoms with E-state index in [2.05, 4.69) is 0 Å². The van der Waals surface area contributed by atoms with Gasteiger partial charge in [-0.1, -0.05) is 0 Å². The first kappa shape index (κ1) is 17.9. The van der Waals surface area contributed by atoms with Crippen molar-refractivity contribution in [2.75, 3.05) is 13.2 Å². The third-order valence-corrected chi connectivity index (χ3v) is 10.9. The molecule has 8 rings (SSSR count). The lowest BCUT2D eigenvalue weighted by atomic mass is 9.43. The summed E-state index contributed by atoms with van der Waals surface area (Å²) in [5, 5.41) is 0. The Labute approximate surface area is 175 Å². The van der Waals surface area contributed by atoms with Gasteiger partial charge in [-0.05, 0) is 74.0 Å². The standard InChI is InChI=1S/C24H28O6/c1-3-29-21(27)23-17-9-5-7-12(26)14(9)20-15(17)16-18(24(20,23)22(28)30-4-2)10-6-8-11(25)13(10)19(16)23/h9-10,13-20H,3-8H2,1-2H3/t9-,10+,13-,14-,15+,16+,17+,18-,19-,20+,23-,24-/m1/s1. The molecule has 12 atom stereocenters. The average Bonchev–Trinajstić information content (AvgIpc) is 3.51. The fourth-order valence-corrected chi connectivity index (χ4v) is 11.4. The highest BCUT2D eigenvalue weighted by atomic mass is 16.5. The number of carbonyl (C=O) groups is 4. The Morgan fingerprint density at radius 2 is 1.17 bits per heavy atom. The Hall–Kier alpha value is -1.72. The molecular weight excluding hydrogens is 384 g/mol. The second-order valence-electron chi connectivity index (χ2n) is 10.8. The molecule has 8 aliphatic rings. The second-order valence-corrected chi connectivity index (χ2v) is 10.8. The van der Waals surface area contributed by atoms with Gasteiger partial charge >= 0.3 is 11.9 Å². The summed E-state index contributed by atoms with van der Waals surface area (Å²) in [7, 11) is 0. The molecule has 6 nitrogen and oxygen atoms in total. The van der Waals surface area contributed by atoms with Crippen molar-refractivity contribution in [1.82, 2.24) is 0 Å². The van der Waals surface area contributed by atoms with E-state index in [0.717, 1.165) is 12.8 Å². The minimum atomic E-state index is -0.952. The summed E-state index contributed by atoms with van der Waals surface area (Å²) in [6.45, 7) is 4.13. The molecule has 0 radical (unpaired) electrons. The molecule has 0 heterocycles. The fourth-order valence-electron chi connectivity index (χ4n) is 11.4. The van der Waals surface area contributed by atoms with Crippen molar-refractivity contribution in [1.29, 1.82) is 0 Å². The summed E-state index contributed by atoms with van der Waals surface area (Å²) in [5.41, 5.74) is -1.90. The van der Waals surface area contributed by atoms with E-state index in [9.17, 15) is 19.2 Å². The van der Waals surface area contributed by atoms with Gasteiger partial charge < -0.3 is 9.47 Å². The number of fused-ring (bicyclic) bond motifs is 2. The number of Topliss-reactive ketones (excluding diaryl/α,β-unsaturated/α-hetero) is 2. The number of carbonyl (C=O) groups excluding carboxylic acids is 4. The van der Waals surface area contributed by atoms with Gasteiger partial charge in [-0.25, -0.2) is 0 Å². The van der Waals surface area contributed by atoms with Gasteiger partial charge in [0.2, 0.25) is 0 Å². The van der Waals surface area contributed by atoms with Crippen LogP contribution in [0.1, 0.15) is 39.5 Å². The van der Waals surface area contributed by atoms with Crippen molar-refractivity contribution in [3.05, 3.63) is 0 Å². The quantitative estimate of drug-likeness (QED) is 0.657. The van der Waals surface area contributed by atoms with Crippen LogP contribution in [0, 0.1) is 70.0 Å². The molecule has 0 amide bonds. The Bertz CT molecular complexity index is 851. The zero-order chi connectivity index (χ0) is 20.7. The molecule has 30 heavy (non-hydrogen) atoms. The van der Waals surface area contributed by atoms with Gasteiger partial charge in [0.15, 0.2) is 0 Å². The van der Waals surface area contributed by atoms with Crippen molar-refractivity contribution in [2.45, 2.75) is 39.5 Å². The van der Waals surface area contributed by atoms with E-state index in [-0.39, 0.29) is 95.9 Å². The van der Waals surface area contributed by atoms with Crippen molar-refractivity contribution in [2.24, 2.45) is 70.0 Å². The van der Waals surface area contributed by atoms with E-state index in [0.29, 0.717) is 12.8 Å². The van der Waals surface area contributed by atoms with Gasteiger partial charge in [0.25, 0.3) is 0 Å². The predicted molar refractivity (Wildman–Crippen MR) is 102 cm³/mol. The maximum Gasteiger partial charge on any atom is 0.313 e. The van der Waals surface area contributed by atoms with Crippen LogP contribution in [0.3, 0.4) is 0 Å².